The lowest BCUT2D eigenvalue weighted by Gasteiger charge is -2.32. The van der Waals surface area contributed by atoms with E-state index in [0.29, 0.717) is 0 Å². The van der Waals surface area contributed by atoms with Gasteiger partial charge in [-0.2, -0.15) is 0 Å². The number of furan rings is 1. The molecule has 10 rings (SSSR count). The number of para-hydroxylation sites is 5. The summed E-state index contributed by atoms with van der Waals surface area (Å²) in [5.41, 5.74) is 14.7. The highest BCUT2D eigenvalue weighted by Crippen LogP contribution is 2.43. The van der Waals surface area contributed by atoms with Crippen LogP contribution in [0.1, 0.15) is 37.5 Å². The average molecular weight is 723 g/mol. The van der Waals surface area contributed by atoms with Crippen LogP contribution >= 0.6 is 0 Å². The van der Waals surface area contributed by atoms with E-state index < -0.39 is 0 Å². The van der Waals surface area contributed by atoms with Gasteiger partial charge in [-0.1, -0.05) is 142 Å². The molecular weight excluding hydrogens is 681 g/mol. The van der Waals surface area contributed by atoms with E-state index in [4.69, 9.17) is 4.42 Å². The zero-order valence-electron chi connectivity index (χ0n) is 31.9. The van der Waals surface area contributed by atoms with Gasteiger partial charge >= 0.3 is 0 Å². The fraction of sp³-hybridized carbons (Fsp3) is 0.0943. The lowest BCUT2D eigenvalue weighted by Crippen LogP contribution is -2.22. The summed E-state index contributed by atoms with van der Waals surface area (Å²) in [6, 6.07) is 67.9. The fourth-order valence-electron chi connectivity index (χ4n) is 8.77. The van der Waals surface area contributed by atoms with E-state index in [1.165, 1.54) is 44.2 Å². The number of aryl methyl sites for hydroxylation is 1. The second-order valence-corrected chi connectivity index (χ2v) is 15.2. The smallest absolute Gasteiger partial charge is 0.143 e. The number of hydrogen-bond donors (Lipinski definition) is 0. The van der Waals surface area contributed by atoms with Crippen LogP contribution in [0.25, 0.3) is 60.6 Å². The largest absolute Gasteiger partial charge is 0.455 e. The molecule has 0 unspecified atom stereocenters. The minimum Gasteiger partial charge on any atom is -0.455 e. The van der Waals surface area contributed by atoms with E-state index >= 15 is 0 Å². The molecule has 0 saturated carbocycles. The van der Waals surface area contributed by atoms with Crippen molar-refractivity contribution in [3.8, 4) is 16.8 Å². The maximum atomic E-state index is 6.41. The van der Waals surface area contributed by atoms with Gasteiger partial charge in [-0.05, 0) is 95.4 Å². The summed E-state index contributed by atoms with van der Waals surface area (Å²) in [4.78, 5) is 2.37. The minimum absolute atomic E-state index is 0.284. The van der Waals surface area contributed by atoms with Crippen LogP contribution < -0.4 is 4.90 Å². The molecule has 3 heteroatoms. The molecule has 0 bridgehead atoms. The first-order valence-corrected chi connectivity index (χ1v) is 19.6. The van der Waals surface area contributed by atoms with Crippen molar-refractivity contribution in [3.05, 3.63) is 205 Å². The second kappa shape index (κ2) is 13.5. The Labute approximate surface area is 327 Å². The van der Waals surface area contributed by atoms with Gasteiger partial charge in [0.15, 0.2) is 0 Å². The van der Waals surface area contributed by atoms with Crippen LogP contribution in [0.5, 0.6) is 0 Å². The molecule has 0 aliphatic heterocycles. The third-order valence-corrected chi connectivity index (χ3v) is 11.7. The number of benzene rings is 8. The highest BCUT2D eigenvalue weighted by Gasteiger charge is 2.28. The van der Waals surface area contributed by atoms with Crippen LogP contribution in [-0.4, -0.2) is 4.57 Å². The molecule has 2 heterocycles. The first-order valence-electron chi connectivity index (χ1n) is 19.6. The molecule has 2 aromatic heterocycles. The Hall–Kier alpha value is -6.84. The Balaban J connectivity index is 1.07. The lowest BCUT2D eigenvalue weighted by molar-refractivity contribution is 0.632. The summed E-state index contributed by atoms with van der Waals surface area (Å²) < 4.78 is 8.83. The summed E-state index contributed by atoms with van der Waals surface area (Å²) in [6.07, 6.45) is 0.943. The number of nitrogens with zero attached hydrogens (tertiary/aromatic N) is 2. The Bertz CT molecular complexity index is 2990. The monoisotopic (exact) mass is 722 g/mol. The first kappa shape index (κ1) is 33.7. The molecule has 0 saturated heterocycles. The molecular formula is C53H42N2O. The first-order chi connectivity index (χ1) is 27.5. The fourth-order valence-corrected chi connectivity index (χ4v) is 8.77. The highest BCUT2D eigenvalue weighted by molar-refractivity contribution is 6.10. The van der Waals surface area contributed by atoms with Crippen molar-refractivity contribution in [2.45, 2.75) is 32.6 Å². The standard InChI is InChI=1S/C53H42N2O/c1-4-36-28-33-42(35-48(36)53(2,3)38-16-14-19-41(34-38)55-49-25-11-8-20-44(49)45-21-9-12-26-50(45)55)54(39-17-6-5-7-18-39)40-31-29-37(30-32-40)43-23-15-24-47-46-22-10-13-27-51(46)56-52(43)47/h5-35H,4H2,1-3H3. The Kier molecular flexibility index (Phi) is 8.11. The van der Waals surface area contributed by atoms with Gasteiger partial charge in [0.2, 0.25) is 0 Å². The topological polar surface area (TPSA) is 21.3 Å². The predicted octanol–water partition coefficient (Wildman–Crippen LogP) is 14.7. The second-order valence-electron chi connectivity index (χ2n) is 15.2. The number of anilines is 3. The molecule has 56 heavy (non-hydrogen) atoms. The van der Waals surface area contributed by atoms with E-state index in [1.54, 1.807) is 0 Å². The van der Waals surface area contributed by atoms with Crippen LogP contribution in [0.4, 0.5) is 17.1 Å². The van der Waals surface area contributed by atoms with Crippen molar-refractivity contribution in [1.82, 2.24) is 4.57 Å². The van der Waals surface area contributed by atoms with Gasteiger partial charge in [-0.3, -0.25) is 0 Å². The predicted molar refractivity (Wildman–Crippen MR) is 236 cm³/mol. The highest BCUT2D eigenvalue weighted by atomic mass is 16.3. The molecule has 0 atom stereocenters. The van der Waals surface area contributed by atoms with Crippen LogP contribution in [0.15, 0.2) is 192 Å². The summed E-state index contributed by atoms with van der Waals surface area (Å²) >= 11 is 0. The number of rotatable bonds is 8. The van der Waals surface area contributed by atoms with Gasteiger partial charge < -0.3 is 13.9 Å². The lowest BCUT2D eigenvalue weighted by atomic mass is 9.75. The third-order valence-electron chi connectivity index (χ3n) is 11.7. The molecule has 0 amide bonds. The summed E-state index contributed by atoms with van der Waals surface area (Å²) in [5, 5.41) is 4.83. The van der Waals surface area contributed by atoms with E-state index in [-0.39, 0.29) is 5.41 Å². The summed E-state index contributed by atoms with van der Waals surface area (Å²) in [5.74, 6) is 0. The van der Waals surface area contributed by atoms with Crippen LogP contribution in [0, 0.1) is 0 Å². The quantitative estimate of drug-likeness (QED) is 0.156. The Morgan fingerprint density at radius 1 is 0.518 bits per heavy atom. The molecule has 3 nitrogen and oxygen atoms in total. The van der Waals surface area contributed by atoms with Crippen LogP contribution in [0.2, 0.25) is 0 Å². The van der Waals surface area contributed by atoms with Crippen LogP contribution in [0.3, 0.4) is 0 Å². The van der Waals surface area contributed by atoms with E-state index in [2.05, 4.69) is 206 Å². The van der Waals surface area contributed by atoms with E-state index in [9.17, 15) is 0 Å². The van der Waals surface area contributed by atoms with Gasteiger partial charge in [0, 0.05) is 55.3 Å². The SMILES string of the molecule is CCc1ccc(N(c2ccccc2)c2ccc(-c3cccc4c3oc3ccccc34)cc2)cc1C(C)(C)c1cccc(-n2c3ccccc3c3ccccc32)c1. The number of fused-ring (bicyclic) bond motifs is 6. The van der Waals surface area contributed by atoms with Crippen molar-refractivity contribution in [2.75, 3.05) is 4.90 Å². The maximum Gasteiger partial charge on any atom is 0.143 e. The zero-order valence-corrected chi connectivity index (χ0v) is 31.9. The van der Waals surface area contributed by atoms with Crippen molar-refractivity contribution < 1.29 is 4.42 Å². The molecule has 8 aromatic carbocycles. The maximum absolute atomic E-state index is 6.41. The Morgan fingerprint density at radius 3 is 1.86 bits per heavy atom. The van der Waals surface area contributed by atoms with Gasteiger partial charge in [0.05, 0.1) is 11.0 Å². The number of hydrogen-bond acceptors (Lipinski definition) is 2. The third kappa shape index (κ3) is 5.50. The van der Waals surface area contributed by atoms with Gasteiger partial charge in [0.1, 0.15) is 11.2 Å². The van der Waals surface area contributed by atoms with Crippen molar-refractivity contribution in [1.29, 1.82) is 0 Å². The zero-order chi connectivity index (χ0) is 37.8. The van der Waals surface area contributed by atoms with E-state index in [0.717, 1.165) is 56.5 Å². The Morgan fingerprint density at radius 2 is 1.12 bits per heavy atom. The van der Waals surface area contributed by atoms with Crippen molar-refractivity contribution >= 4 is 60.8 Å². The molecule has 270 valence electrons. The number of aromatic nitrogens is 1. The van der Waals surface area contributed by atoms with Gasteiger partial charge in [0.25, 0.3) is 0 Å². The average Bonchev–Trinajstić information content (AvgIpc) is 3.81. The molecule has 0 aliphatic carbocycles. The molecule has 10 aromatic rings. The summed E-state index contributed by atoms with van der Waals surface area (Å²) in [6.45, 7) is 7.01. The van der Waals surface area contributed by atoms with Crippen LogP contribution in [-0.2, 0) is 11.8 Å². The molecule has 0 spiro atoms. The molecule has 0 aliphatic rings. The molecule has 0 radical (unpaired) electrons. The normalized spacial score (nSPS) is 11.9. The van der Waals surface area contributed by atoms with Gasteiger partial charge in [-0.15, -0.1) is 0 Å². The molecule has 0 fully saturated rings. The minimum atomic E-state index is -0.284. The van der Waals surface area contributed by atoms with Gasteiger partial charge in [-0.25, -0.2) is 0 Å². The van der Waals surface area contributed by atoms with Crippen molar-refractivity contribution in [3.63, 3.8) is 0 Å². The van der Waals surface area contributed by atoms with Crippen molar-refractivity contribution in [2.24, 2.45) is 0 Å². The molecule has 0 N–H and O–H groups in total. The summed E-state index contributed by atoms with van der Waals surface area (Å²) in [7, 11) is 0. The van der Waals surface area contributed by atoms with E-state index in [1.807, 2.05) is 12.1 Å².